The third-order valence-corrected chi connectivity index (χ3v) is 0.293. The molecule has 0 aliphatic carbocycles. The molecule has 1 aliphatic rings. The summed E-state index contributed by atoms with van der Waals surface area (Å²) in [6.45, 7) is 0.417. The van der Waals surface area contributed by atoms with Gasteiger partial charge in [-0.3, -0.25) is 0 Å². The molecule has 0 saturated heterocycles. The van der Waals surface area contributed by atoms with Crippen molar-refractivity contribution in [1.29, 1.82) is 0 Å². The van der Waals surface area contributed by atoms with Gasteiger partial charge >= 0.3 is 18.9 Å². The molecule has 5 heteroatoms. The third kappa shape index (κ3) is 1.29. The Morgan fingerprint density at radius 3 is 1.67 bits per heavy atom. The molecule has 0 aromatic heterocycles. The van der Waals surface area contributed by atoms with Crippen LogP contribution in [0.1, 0.15) is 0 Å². The van der Waals surface area contributed by atoms with Crippen LogP contribution < -0.4 is 0 Å². The molecule has 6 heavy (non-hydrogen) atoms. The first-order chi connectivity index (χ1) is 2.50. The zero-order valence-corrected chi connectivity index (χ0v) is 2.50. The summed E-state index contributed by atoms with van der Waals surface area (Å²) >= 11 is 0. The van der Waals surface area contributed by atoms with Gasteiger partial charge in [0.05, 0.1) is 0 Å². The number of hydrogen-bond acceptors (Lipinski definition) is 4. The topological polar surface area (TPSA) is 49.4 Å². The molecule has 28 valence electrons. The second-order valence-electron chi connectivity index (χ2n) is 0.603. The van der Waals surface area contributed by atoms with E-state index >= 15 is 0 Å². The summed E-state index contributed by atoms with van der Waals surface area (Å²) in [4.78, 5) is 0. The van der Waals surface area contributed by atoms with Crippen molar-refractivity contribution in [2.24, 2.45) is 20.7 Å². The van der Waals surface area contributed by atoms with Crippen LogP contribution in [0.15, 0.2) is 20.7 Å². The van der Waals surface area contributed by atoms with E-state index in [0.29, 0.717) is 6.67 Å². The first kappa shape index (κ1) is 5.80. The Bertz CT molecular complexity index is 65.6. The van der Waals surface area contributed by atoms with Crippen molar-refractivity contribution < 1.29 is 0 Å². The molecule has 0 fully saturated rings. The van der Waals surface area contributed by atoms with Crippen LogP contribution in [0.3, 0.4) is 0 Å². The van der Waals surface area contributed by atoms with Crippen LogP contribution >= 0.6 is 0 Å². The Morgan fingerprint density at radius 2 is 1.50 bits per heavy atom. The SMILES string of the molecule is C1N=NN=N1.[LiH]. The van der Waals surface area contributed by atoms with Gasteiger partial charge in [-0.25, -0.2) is 0 Å². The van der Waals surface area contributed by atoms with Gasteiger partial charge in [-0.2, -0.15) is 0 Å². The third-order valence-electron chi connectivity index (χ3n) is 0.293. The summed E-state index contributed by atoms with van der Waals surface area (Å²) in [6.07, 6.45) is 0. The molecule has 0 spiro atoms. The van der Waals surface area contributed by atoms with Gasteiger partial charge < -0.3 is 0 Å². The molecule has 0 unspecified atom stereocenters. The molecular weight excluding hydrogens is 75.0 g/mol. The molecule has 0 atom stereocenters. The van der Waals surface area contributed by atoms with Crippen molar-refractivity contribution in [3.63, 3.8) is 0 Å². The van der Waals surface area contributed by atoms with Gasteiger partial charge in [0.15, 0.2) is 6.67 Å². The van der Waals surface area contributed by atoms with Gasteiger partial charge in [0.1, 0.15) is 0 Å². The fourth-order valence-electron chi connectivity index (χ4n) is 0.141. The number of nitrogens with zero attached hydrogens (tertiary/aromatic N) is 4. The number of rotatable bonds is 0. The van der Waals surface area contributed by atoms with E-state index in [4.69, 9.17) is 0 Å². The number of hydrogen-bond donors (Lipinski definition) is 0. The van der Waals surface area contributed by atoms with Gasteiger partial charge in [-0.05, 0) is 10.4 Å². The summed E-state index contributed by atoms with van der Waals surface area (Å²) in [7, 11) is 0. The Labute approximate surface area is 46.9 Å². The van der Waals surface area contributed by atoms with Crippen LogP contribution in [0.25, 0.3) is 0 Å². The molecule has 0 aromatic rings. The van der Waals surface area contributed by atoms with Gasteiger partial charge in [-0.15, -0.1) is 10.2 Å². The monoisotopic (exact) mass is 78.1 g/mol. The van der Waals surface area contributed by atoms with Crippen molar-refractivity contribution in [2.45, 2.75) is 0 Å². The van der Waals surface area contributed by atoms with E-state index < -0.39 is 0 Å². The summed E-state index contributed by atoms with van der Waals surface area (Å²) in [5, 5.41) is 13.1. The first-order valence-electron chi connectivity index (χ1n) is 1.23. The van der Waals surface area contributed by atoms with Gasteiger partial charge in [0.2, 0.25) is 0 Å². The van der Waals surface area contributed by atoms with E-state index in [1.54, 1.807) is 0 Å². The normalized spacial score (nSPS) is 14.7. The minimum absolute atomic E-state index is 0. The molecule has 1 aliphatic heterocycles. The molecule has 0 amide bonds. The molecule has 0 bridgehead atoms. The molecule has 4 nitrogen and oxygen atoms in total. The Kier molecular flexibility index (Phi) is 2.90. The zero-order chi connectivity index (χ0) is 3.54. The van der Waals surface area contributed by atoms with E-state index in [1.807, 2.05) is 0 Å². The Morgan fingerprint density at radius 1 is 1.00 bits per heavy atom. The molecule has 1 rings (SSSR count). The van der Waals surface area contributed by atoms with Crippen molar-refractivity contribution in [3.8, 4) is 0 Å². The maximum absolute atomic E-state index is 3.38. The maximum atomic E-state index is 3.38. The Balaban J connectivity index is 0.000000250. The molecule has 0 saturated carbocycles. The van der Waals surface area contributed by atoms with E-state index in [1.165, 1.54) is 0 Å². The predicted molar refractivity (Wildman–Crippen MR) is 21.7 cm³/mol. The summed E-state index contributed by atoms with van der Waals surface area (Å²) in [5.74, 6) is 0. The van der Waals surface area contributed by atoms with Crippen molar-refractivity contribution in [1.82, 2.24) is 0 Å². The van der Waals surface area contributed by atoms with Crippen LogP contribution in [0, 0.1) is 0 Å². The van der Waals surface area contributed by atoms with E-state index in [2.05, 4.69) is 20.7 Å². The fraction of sp³-hybridized carbons (Fsp3) is 1.00. The zero-order valence-electron chi connectivity index (χ0n) is 2.50. The van der Waals surface area contributed by atoms with Crippen LogP contribution in [0.4, 0.5) is 0 Å². The van der Waals surface area contributed by atoms with Crippen molar-refractivity contribution in [2.75, 3.05) is 6.67 Å². The standard InChI is InChI=1S/CH2N4.Li.H/c1-2-4-5-3-1;;/h1H2;;. The molecule has 0 N–H and O–H groups in total. The first-order valence-corrected chi connectivity index (χ1v) is 1.23. The molecule has 1 heterocycles. The van der Waals surface area contributed by atoms with Crippen LogP contribution in [-0.2, 0) is 0 Å². The summed E-state index contributed by atoms with van der Waals surface area (Å²) < 4.78 is 0. The van der Waals surface area contributed by atoms with Gasteiger partial charge in [-0.1, -0.05) is 0 Å². The van der Waals surface area contributed by atoms with Crippen LogP contribution in [0.2, 0.25) is 0 Å². The van der Waals surface area contributed by atoms with Gasteiger partial charge in [0, 0.05) is 0 Å². The quantitative estimate of drug-likeness (QED) is 0.370. The van der Waals surface area contributed by atoms with Crippen molar-refractivity contribution >= 4 is 18.9 Å². The van der Waals surface area contributed by atoms with Crippen LogP contribution in [-0.4, -0.2) is 25.5 Å². The average molecular weight is 78.0 g/mol. The van der Waals surface area contributed by atoms with E-state index in [0.717, 1.165) is 0 Å². The minimum atomic E-state index is 0. The molecule has 0 radical (unpaired) electrons. The molecular formula is CH3LiN4. The van der Waals surface area contributed by atoms with Gasteiger partial charge in [0.25, 0.3) is 0 Å². The van der Waals surface area contributed by atoms with Crippen molar-refractivity contribution in [3.05, 3.63) is 0 Å². The Hall–Kier alpha value is -0.203. The fourth-order valence-corrected chi connectivity index (χ4v) is 0.141. The second kappa shape index (κ2) is 3.01. The predicted octanol–water partition coefficient (Wildman–Crippen LogP) is 0.128. The molecule has 0 aromatic carbocycles. The van der Waals surface area contributed by atoms with E-state index in [9.17, 15) is 0 Å². The second-order valence-corrected chi connectivity index (χ2v) is 0.603. The van der Waals surface area contributed by atoms with E-state index in [-0.39, 0.29) is 18.9 Å². The summed E-state index contributed by atoms with van der Waals surface area (Å²) in [5.41, 5.74) is 0. The summed E-state index contributed by atoms with van der Waals surface area (Å²) in [6, 6.07) is 0. The average Bonchev–Trinajstić information content (AvgIpc) is 1.76. The van der Waals surface area contributed by atoms with Crippen LogP contribution in [0.5, 0.6) is 0 Å².